The molecule has 2 aliphatic carbocycles. The predicted octanol–water partition coefficient (Wildman–Crippen LogP) is 3.57. The molecule has 0 saturated heterocycles. The molecule has 8 nitrogen and oxygen atoms in total. The molecule has 32 heavy (non-hydrogen) atoms. The minimum Gasteiger partial charge on any atom is -0.481 e. The number of hydrogen-bond donors (Lipinski definition) is 3. The van der Waals surface area contributed by atoms with Crippen LogP contribution in [0.1, 0.15) is 76.7 Å². The van der Waals surface area contributed by atoms with Gasteiger partial charge in [-0.3, -0.25) is 14.2 Å². The smallest absolute Gasteiger partial charge is 0.350 e. The molecule has 1 aromatic carbocycles. The Bertz CT molecular complexity index is 1100. The Labute approximate surface area is 185 Å². The van der Waals surface area contributed by atoms with Gasteiger partial charge >= 0.3 is 11.7 Å². The zero-order valence-corrected chi connectivity index (χ0v) is 18.2. The molecular formula is C23H31FN4O4. The van der Waals surface area contributed by atoms with Crippen molar-refractivity contribution in [1.29, 1.82) is 0 Å². The summed E-state index contributed by atoms with van der Waals surface area (Å²) in [6, 6.07) is 2.99. The van der Waals surface area contributed by atoms with E-state index in [9.17, 15) is 14.4 Å². The third kappa shape index (κ3) is 4.66. The molecule has 174 valence electrons. The van der Waals surface area contributed by atoms with Gasteiger partial charge in [0.25, 0.3) is 5.56 Å². The molecule has 2 aromatic rings. The predicted molar refractivity (Wildman–Crippen MR) is 122 cm³/mol. The lowest BCUT2D eigenvalue weighted by Crippen LogP contribution is -2.46. The van der Waals surface area contributed by atoms with Crippen LogP contribution < -0.4 is 22.0 Å². The molecule has 2 fully saturated rings. The van der Waals surface area contributed by atoms with Crippen LogP contribution in [0.3, 0.4) is 0 Å². The van der Waals surface area contributed by atoms with Crippen LogP contribution in [0.2, 0.25) is 0 Å². The summed E-state index contributed by atoms with van der Waals surface area (Å²) in [4.78, 5) is 37.2. The van der Waals surface area contributed by atoms with Gasteiger partial charge in [-0.05, 0) is 44.2 Å². The highest BCUT2D eigenvalue weighted by Gasteiger charge is 2.25. The van der Waals surface area contributed by atoms with E-state index >= 15 is 4.39 Å². The van der Waals surface area contributed by atoms with Crippen molar-refractivity contribution in [2.75, 3.05) is 17.3 Å². The van der Waals surface area contributed by atoms with E-state index < -0.39 is 23.0 Å². The van der Waals surface area contributed by atoms with Crippen molar-refractivity contribution >= 4 is 22.6 Å². The highest BCUT2D eigenvalue weighted by molar-refractivity contribution is 5.82. The van der Waals surface area contributed by atoms with Gasteiger partial charge in [-0.15, -0.1) is 0 Å². The van der Waals surface area contributed by atoms with E-state index in [0.717, 1.165) is 56.0 Å². The molecule has 0 bridgehead atoms. The van der Waals surface area contributed by atoms with Crippen molar-refractivity contribution in [2.45, 2.75) is 82.7 Å². The SMILES string of the molecule is O=C(O)CCCNn1c(=O)c2cc(F)c(NC3CCCCC3)cc2n(C2CCCC2)c1=O. The highest BCUT2D eigenvalue weighted by Crippen LogP contribution is 2.32. The number of rotatable bonds is 8. The average Bonchev–Trinajstić information content (AvgIpc) is 3.29. The third-order valence-electron chi connectivity index (χ3n) is 6.67. The van der Waals surface area contributed by atoms with Crippen LogP contribution in [0.4, 0.5) is 10.1 Å². The summed E-state index contributed by atoms with van der Waals surface area (Å²) in [5.41, 5.74) is 2.45. The van der Waals surface area contributed by atoms with Crippen LogP contribution in [0.15, 0.2) is 21.7 Å². The Kier molecular flexibility index (Phi) is 6.81. The second-order valence-corrected chi connectivity index (χ2v) is 8.97. The number of nitrogens with one attached hydrogen (secondary N) is 2. The number of nitrogens with zero attached hydrogens (tertiary/aromatic N) is 2. The molecule has 3 N–H and O–H groups in total. The molecule has 2 aliphatic rings. The molecule has 1 heterocycles. The number of aliphatic carboxylic acids is 1. The van der Waals surface area contributed by atoms with Gasteiger partial charge in [-0.1, -0.05) is 32.1 Å². The van der Waals surface area contributed by atoms with Gasteiger partial charge in [0, 0.05) is 25.0 Å². The molecule has 4 rings (SSSR count). The zero-order valence-electron chi connectivity index (χ0n) is 18.2. The lowest BCUT2D eigenvalue weighted by molar-refractivity contribution is -0.137. The summed E-state index contributed by atoms with van der Waals surface area (Å²) < 4.78 is 17.5. The Morgan fingerprint density at radius 2 is 1.75 bits per heavy atom. The van der Waals surface area contributed by atoms with Crippen molar-refractivity contribution in [1.82, 2.24) is 9.24 Å². The van der Waals surface area contributed by atoms with Crippen molar-refractivity contribution in [3.63, 3.8) is 0 Å². The van der Waals surface area contributed by atoms with E-state index in [1.165, 1.54) is 12.5 Å². The lowest BCUT2D eigenvalue weighted by Gasteiger charge is -2.25. The molecule has 0 spiro atoms. The van der Waals surface area contributed by atoms with Gasteiger partial charge < -0.3 is 15.8 Å². The van der Waals surface area contributed by atoms with Crippen LogP contribution in [0.25, 0.3) is 10.9 Å². The van der Waals surface area contributed by atoms with E-state index in [4.69, 9.17) is 5.11 Å². The molecule has 0 aliphatic heterocycles. The van der Waals surface area contributed by atoms with Gasteiger partial charge in [0.05, 0.1) is 16.6 Å². The van der Waals surface area contributed by atoms with Crippen LogP contribution >= 0.6 is 0 Å². The topological polar surface area (TPSA) is 105 Å². The van der Waals surface area contributed by atoms with Crippen LogP contribution in [0, 0.1) is 5.82 Å². The van der Waals surface area contributed by atoms with Crippen molar-refractivity contribution in [2.24, 2.45) is 0 Å². The van der Waals surface area contributed by atoms with Crippen molar-refractivity contribution < 1.29 is 14.3 Å². The molecular weight excluding hydrogens is 415 g/mol. The van der Waals surface area contributed by atoms with Crippen LogP contribution in [-0.4, -0.2) is 32.9 Å². The van der Waals surface area contributed by atoms with Crippen LogP contribution in [0.5, 0.6) is 0 Å². The van der Waals surface area contributed by atoms with E-state index in [2.05, 4.69) is 10.7 Å². The maximum atomic E-state index is 15.0. The first-order valence-electron chi connectivity index (χ1n) is 11.7. The molecule has 9 heteroatoms. The Morgan fingerprint density at radius 1 is 1.06 bits per heavy atom. The summed E-state index contributed by atoms with van der Waals surface area (Å²) in [5, 5.41) is 12.3. The maximum absolute atomic E-state index is 15.0. The molecule has 0 unspecified atom stereocenters. The largest absolute Gasteiger partial charge is 0.481 e. The molecule has 0 radical (unpaired) electrons. The van der Waals surface area contributed by atoms with Crippen molar-refractivity contribution in [3.05, 3.63) is 38.8 Å². The number of fused-ring (bicyclic) bond motifs is 1. The van der Waals surface area contributed by atoms with Crippen molar-refractivity contribution in [3.8, 4) is 0 Å². The standard InChI is InChI=1S/C23H31FN4O4/c24-18-13-17-20(14-19(18)26-15-7-2-1-3-8-15)27(16-9-4-5-10-16)23(32)28(22(17)31)25-12-6-11-21(29)30/h13-16,25-26H,1-12H2,(H,29,30). The normalized spacial score (nSPS) is 17.7. The first kappa shape index (κ1) is 22.4. The summed E-state index contributed by atoms with van der Waals surface area (Å²) in [7, 11) is 0. The Morgan fingerprint density at radius 3 is 2.44 bits per heavy atom. The van der Waals surface area contributed by atoms with Crippen LogP contribution in [-0.2, 0) is 4.79 Å². The fraction of sp³-hybridized carbons (Fsp3) is 0.609. The number of carboxylic acid groups (broad SMARTS) is 1. The minimum absolute atomic E-state index is 0.0503. The first-order valence-corrected chi connectivity index (χ1v) is 11.7. The van der Waals surface area contributed by atoms with E-state index in [1.807, 2.05) is 0 Å². The molecule has 1 aromatic heterocycles. The van der Waals surface area contributed by atoms with E-state index in [-0.39, 0.29) is 36.9 Å². The summed E-state index contributed by atoms with van der Waals surface area (Å²) in [6.45, 7) is 0.154. The Balaban J connectivity index is 1.76. The van der Waals surface area contributed by atoms with E-state index in [0.29, 0.717) is 11.2 Å². The lowest BCUT2D eigenvalue weighted by atomic mass is 9.95. The minimum atomic E-state index is -0.943. The second-order valence-electron chi connectivity index (χ2n) is 8.97. The fourth-order valence-corrected chi connectivity index (χ4v) is 5.01. The first-order chi connectivity index (χ1) is 15.5. The number of anilines is 1. The molecule has 2 saturated carbocycles. The zero-order chi connectivity index (χ0) is 22.7. The third-order valence-corrected chi connectivity index (χ3v) is 6.67. The quantitative estimate of drug-likeness (QED) is 0.536. The summed E-state index contributed by atoms with van der Waals surface area (Å²) in [6.07, 6.45) is 9.22. The Hall–Kier alpha value is -2.84. The van der Waals surface area contributed by atoms with E-state index in [1.54, 1.807) is 10.6 Å². The number of hydrogen-bond acceptors (Lipinski definition) is 5. The number of carbonyl (C=O) groups is 1. The number of benzene rings is 1. The van der Waals surface area contributed by atoms with Gasteiger partial charge in [0.15, 0.2) is 0 Å². The number of carboxylic acids is 1. The fourth-order valence-electron chi connectivity index (χ4n) is 5.01. The molecule has 0 amide bonds. The summed E-state index contributed by atoms with van der Waals surface area (Å²) in [5.74, 6) is -1.45. The maximum Gasteiger partial charge on any atom is 0.350 e. The monoisotopic (exact) mass is 446 g/mol. The summed E-state index contributed by atoms with van der Waals surface area (Å²) >= 11 is 0. The van der Waals surface area contributed by atoms with Gasteiger partial charge in [-0.25, -0.2) is 9.18 Å². The van der Waals surface area contributed by atoms with Gasteiger partial charge in [0.2, 0.25) is 0 Å². The molecule has 0 atom stereocenters. The van der Waals surface area contributed by atoms with Gasteiger partial charge in [0.1, 0.15) is 5.82 Å². The number of halogens is 1. The average molecular weight is 447 g/mol. The number of aromatic nitrogens is 2. The van der Waals surface area contributed by atoms with Gasteiger partial charge in [-0.2, -0.15) is 4.68 Å². The second kappa shape index (κ2) is 9.75. The highest BCUT2D eigenvalue weighted by atomic mass is 19.1.